The van der Waals surface area contributed by atoms with Gasteiger partial charge in [-0.25, -0.2) is 13.1 Å². The third-order valence-electron chi connectivity index (χ3n) is 3.58. The van der Waals surface area contributed by atoms with E-state index in [9.17, 15) is 18.5 Å². The van der Waals surface area contributed by atoms with Crippen molar-refractivity contribution in [1.82, 2.24) is 10.0 Å². The Bertz CT molecular complexity index is 603. The number of non-ortho nitro benzene ring substituents is 1. The van der Waals surface area contributed by atoms with E-state index in [4.69, 9.17) is 0 Å². The van der Waals surface area contributed by atoms with Gasteiger partial charge in [0.25, 0.3) is 5.69 Å². The van der Waals surface area contributed by atoms with E-state index in [0.29, 0.717) is 12.5 Å². The van der Waals surface area contributed by atoms with E-state index >= 15 is 0 Å². The zero-order valence-electron chi connectivity index (χ0n) is 12.0. The maximum absolute atomic E-state index is 12.1. The maximum Gasteiger partial charge on any atom is 0.270 e. The van der Waals surface area contributed by atoms with Crippen molar-refractivity contribution in [2.45, 2.75) is 24.2 Å². The molecule has 0 aliphatic carbocycles. The van der Waals surface area contributed by atoms with Crippen LogP contribution in [0.15, 0.2) is 29.2 Å². The fourth-order valence-electron chi connectivity index (χ4n) is 2.42. The Morgan fingerprint density at radius 2 is 2.18 bits per heavy atom. The van der Waals surface area contributed by atoms with E-state index in [-0.39, 0.29) is 23.0 Å². The van der Waals surface area contributed by atoms with Crippen LogP contribution in [0.2, 0.25) is 0 Å². The molecule has 1 atom stereocenters. The number of sulfonamides is 1. The lowest BCUT2D eigenvalue weighted by Crippen LogP contribution is -2.33. The molecule has 1 aromatic carbocycles. The Kier molecular flexibility index (Phi) is 7.21. The van der Waals surface area contributed by atoms with Crippen LogP contribution in [0.3, 0.4) is 0 Å². The zero-order chi connectivity index (χ0) is 15.3. The number of nitro benzene ring substituents is 1. The molecule has 2 N–H and O–H groups in total. The summed E-state index contributed by atoms with van der Waals surface area (Å²) in [6, 6.07) is 5.08. The molecule has 2 rings (SSSR count). The first-order valence-electron chi connectivity index (χ1n) is 6.94. The summed E-state index contributed by atoms with van der Waals surface area (Å²) in [5, 5.41) is 14.0. The summed E-state index contributed by atoms with van der Waals surface area (Å²) in [7, 11) is -3.69. The van der Waals surface area contributed by atoms with Crippen LogP contribution in [0.25, 0.3) is 0 Å². The Morgan fingerprint density at radius 1 is 1.41 bits per heavy atom. The van der Waals surface area contributed by atoms with Crippen molar-refractivity contribution in [3.8, 4) is 0 Å². The second kappa shape index (κ2) is 8.42. The molecule has 9 heteroatoms. The van der Waals surface area contributed by atoms with Crippen LogP contribution < -0.4 is 10.0 Å². The normalized spacial score (nSPS) is 18.5. The smallest absolute Gasteiger partial charge is 0.270 e. The van der Waals surface area contributed by atoms with Crippen molar-refractivity contribution >= 4 is 28.1 Å². The number of rotatable bonds is 6. The van der Waals surface area contributed by atoms with Gasteiger partial charge in [0.15, 0.2) is 0 Å². The molecule has 0 saturated carbocycles. The Balaban J connectivity index is 0.00000242. The lowest BCUT2D eigenvalue weighted by Gasteiger charge is -2.22. The molecule has 0 amide bonds. The lowest BCUT2D eigenvalue weighted by molar-refractivity contribution is -0.385. The molecule has 1 aliphatic heterocycles. The highest BCUT2D eigenvalue weighted by molar-refractivity contribution is 7.89. The van der Waals surface area contributed by atoms with Crippen LogP contribution >= 0.6 is 12.4 Å². The summed E-state index contributed by atoms with van der Waals surface area (Å²) in [4.78, 5) is 10.0. The van der Waals surface area contributed by atoms with E-state index in [0.717, 1.165) is 38.4 Å². The van der Waals surface area contributed by atoms with Gasteiger partial charge in [0.2, 0.25) is 10.0 Å². The van der Waals surface area contributed by atoms with Gasteiger partial charge in [-0.05, 0) is 44.3 Å². The minimum atomic E-state index is -3.69. The highest BCUT2D eigenvalue weighted by Crippen LogP contribution is 2.18. The minimum absolute atomic E-state index is 0. The number of nitrogens with one attached hydrogen (secondary N) is 2. The Morgan fingerprint density at radius 3 is 2.82 bits per heavy atom. The third-order valence-corrected chi connectivity index (χ3v) is 5.04. The first-order valence-corrected chi connectivity index (χ1v) is 8.42. The fraction of sp³-hybridized carbons (Fsp3) is 0.538. The quantitative estimate of drug-likeness (QED) is 0.601. The van der Waals surface area contributed by atoms with E-state index < -0.39 is 14.9 Å². The molecule has 22 heavy (non-hydrogen) atoms. The summed E-state index contributed by atoms with van der Waals surface area (Å²) in [5.41, 5.74) is -0.227. The van der Waals surface area contributed by atoms with Gasteiger partial charge in [0.1, 0.15) is 0 Å². The second-order valence-corrected chi connectivity index (χ2v) is 6.92. The molecule has 7 nitrogen and oxygen atoms in total. The van der Waals surface area contributed by atoms with Crippen molar-refractivity contribution in [2.75, 3.05) is 19.6 Å². The molecule has 0 radical (unpaired) electrons. The molecule has 0 bridgehead atoms. The van der Waals surface area contributed by atoms with Crippen LogP contribution in [0.1, 0.15) is 19.3 Å². The van der Waals surface area contributed by atoms with Crippen molar-refractivity contribution in [1.29, 1.82) is 0 Å². The summed E-state index contributed by atoms with van der Waals surface area (Å²) >= 11 is 0. The Labute approximate surface area is 136 Å². The molecule has 1 unspecified atom stereocenters. The lowest BCUT2D eigenvalue weighted by atomic mass is 9.96. The monoisotopic (exact) mass is 349 g/mol. The number of piperidine rings is 1. The largest absolute Gasteiger partial charge is 0.316 e. The van der Waals surface area contributed by atoms with Gasteiger partial charge < -0.3 is 5.32 Å². The highest BCUT2D eigenvalue weighted by atomic mass is 35.5. The van der Waals surface area contributed by atoms with Crippen molar-refractivity contribution in [3.63, 3.8) is 0 Å². The van der Waals surface area contributed by atoms with Gasteiger partial charge in [-0.1, -0.05) is 6.07 Å². The average Bonchev–Trinajstić information content (AvgIpc) is 2.48. The summed E-state index contributed by atoms with van der Waals surface area (Å²) in [6.07, 6.45) is 2.98. The van der Waals surface area contributed by atoms with Crippen LogP contribution in [-0.2, 0) is 10.0 Å². The Hall–Kier alpha value is -1.22. The molecule has 1 saturated heterocycles. The summed E-state index contributed by atoms with van der Waals surface area (Å²) in [6.45, 7) is 2.28. The average molecular weight is 350 g/mol. The minimum Gasteiger partial charge on any atom is -0.316 e. The number of hydrogen-bond donors (Lipinski definition) is 2. The van der Waals surface area contributed by atoms with Crippen molar-refractivity contribution in [3.05, 3.63) is 34.4 Å². The van der Waals surface area contributed by atoms with Crippen LogP contribution in [0, 0.1) is 16.0 Å². The van der Waals surface area contributed by atoms with E-state index in [1.807, 2.05) is 0 Å². The molecule has 1 heterocycles. The number of hydrogen-bond acceptors (Lipinski definition) is 5. The zero-order valence-corrected chi connectivity index (χ0v) is 13.7. The van der Waals surface area contributed by atoms with Gasteiger partial charge in [-0.2, -0.15) is 0 Å². The van der Waals surface area contributed by atoms with Crippen molar-refractivity contribution in [2.24, 2.45) is 5.92 Å². The van der Waals surface area contributed by atoms with Gasteiger partial charge in [-0.3, -0.25) is 10.1 Å². The van der Waals surface area contributed by atoms with Gasteiger partial charge >= 0.3 is 0 Å². The topological polar surface area (TPSA) is 101 Å². The molecular weight excluding hydrogens is 330 g/mol. The van der Waals surface area contributed by atoms with E-state index in [1.165, 1.54) is 18.2 Å². The van der Waals surface area contributed by atoms with Crippen LogP contribution in [0.4, 0.5) is 5.69 Å². The number of nitro groups is 1. The first-order chi connectivity index (χ1) is 9.99. The molecule has 0 aromatic heterocycles. The molecule has 1 aliphatic rings. The second-order valence-electron chi connectivity index (χ2n) is 5.15. The summed E-state index contributed by atoms with van der Waals surface area (Å²) in [5.74, 6) is 0.478. The van der Waals surface area contributed by atoms with Crippen LogP contribution in [0.5, 0.6) is 0 Å². The van der Waals surface area contributed by atoms with E-state index in [2.05, 4.69) is 10.0 Å². The number of halogens is 1. The third kappa shape index (κ3) is 5.20. The number of benzene rings is 1. The SMILES string of the molecule is Cl.O=[N+]([O-])c1cccc(S(=O)(=O)NCCC2CCCNC2)c1. The maximum atomic E-state index is 12.1. The van der Waals surface area contributed by atoms with Gasteiger partial charge in [-0.15, -0.1) is 12.4 Å². The predicted octanol–water partition coefficient (Wildman–Crippen LogP) is 1.68. The fourth-order valence-corrected chi connectivity index (χ4v) is 3.50. The first kappa shape index (κ1) is 18.8. The molecular formula is C13H20ClN3O4S. The molecule has 124 valence electrons. The highest BCUT2D eigenvalue weighted by Gasteiger charge is 2.18. The summed E-state index contributed by atoms with van der Waals surface area (Å²) < 4.78 is 26.7. The molecule has 0 spiro atoms. The predicted molar refractivity (Wildman–Crippen MR) is 85.7 cm³/mol. The van der Waals surface area contributed by atoms with Crippen LogP contribution in [-0.4, -0.2) is 33.0 Å². The van der Waals surface area contributed by atoms with Gasteiger partial charge in [0, 0.05) is 18.7 Å². The molecule has 1 fully saturated rings. The molecule has 1 aromatic rings. The standard InChI is InChI=1S/C13H19N3O4S.ClH/c17-16(18)12-4-1-5-13(9-12)21(19,20)15-8-6-11-3-2-7-14-10-11;/h1,4-5,9,11,14-15H,2-3,6-8,10H2;1H. The van der Waals surface area contributed by atoms with Crippen molar-refractivity contribution < 1.29 is 13.3 Å². The van der Waals surface area contributed by atoms with Gasteiger partial charge in [0.05, 0.1) is 9.82 Å². The number of nitrogens with zero attached hydrogens (tertiary/aromatic N) is 1. The van der Waals surface area contributed by atoms with E-state index in [1.54, 1.807) is 0 Å².